The lowest BCUT2D eigenvalue weighted by Crippen LogP contribution is -2.28. The normalized spacial score (nSPS) is 20.1. The third-order valence-corrected chi connectivity index (χ3v) is 3.93. The van der Waals surface area contributed by atoms with E-state index in [0.29, 0.717) is 12.1 Å². The topological polar surface area (TPSA) is 33.2 Å². The van der Waals surface area contributed by atoms with Crippen molar-refractivity contribution >= 4 is 5.91 Å². The second-order valence-electron chi connectivity index (χ2n) is 5.53. The molecule has 1 heterocycles. The van der Waals surface area contributed by atoms with Gasteiger partial charge in [-0.1, -0.05) is 24.3 Å². The molecule has 0 saturated heterocycles. The van der Waals surface area contributed by atoms with Crippen molar-refractivity contribution in [3.63, 3.8) is 0 Å². The molecule has 4 heteroatoms. The van der Waals surface area contributed by atoms with Crippen molar-refractivity contribution in [2.75, 3.05) is 7.05 Å². The summed E-state index contributed by atoms with van der Waals surface area (Å²) in [5.74, 6) is -0.210. The van der Waals surface area contributed by atoms with Gasteiger partial charge >= 0.3 is 0 Å². The third-order valence-electron chi connectivity index (χ3n) is 3.93. The van der Waals surface area contributed by atoms with Gasteiger partial charge in [0.05, 0.1) is 0 Å². The van der Waals surface area contributed by atoms with Crippen LogP contribution in [0.4, 0.5) is 4.39 Å². The van der Waals surface area contributed by atoms with Crippen LogP contribution in [-0.2, 0) is 11.3 Å². The second-order valence-corrected chi connectivity index (χ2v) is 5.53. The maximum Gasteiger partial charge on any atom is 0.226 e. The summed E-state index contributed by atoms with van der Waals surface area (Å²) in [5, 5.41) is 0. The van der Waals surface area contributed by atoms with Crippen molar-refractivity contribution in [3.05, 3.63) is 65.7 Å². The Morgan fingerprint density at radius 2 is 2.14 bits per heavy atom. The first kappa shape index (κ1) is 13.7. The fourth-order valence-corrected chi connectivity index (χ4v) is 2.71. The van der Waals surface area contributed by atoms with Gasteiger partial charge in [0.25, 0.3) is 0 Å². The Balaban J connectivity index is 1.64. The minimum Gasteiger partial charge on any atom is -0.341 e. The highest BCUT2D eigenvalue weighted by Gasteiger charge is 2.46. The Morgan fingerprint density at radius 1 is 1.33 bits per heavy atom. The summed E-state index contributed by atoms with van der Waals surface area (Å²) >= 11 is 0. The summed E-state index contributed by atoms with van der Waals surface area (Å²) in [6.07, 6.45) is 4.20. The molecule has 1 aliphatic rings. The minimum absolute atomic E-state index is 0.0232. The zero-order chi connectivity index (χ0) is 14.8. The van der Waals surface area contributed by atoms with Crippen molar-refractivity contribution in [2.45, 2.75) is 18.9 Å². The molecule has 1 aromatic heterocycles. The SMILES string of the molecule is CN(Cc1cccnc1)C(=O)C1CC1c1ccccc1F. The molecule has 3 rings (SSSR count). The minimum atomic E-state index is -0.215. The van der Waals surface area contributed by atoms with Crippen LogP contribution in [0.3, 0.4) is 0 Å². The van der Waals surface area contributed by atoms with Gasteiger partial charge in [0.1, 0.15) is 5.82 Å². The highest BCUT2D eigenvalue weighted by molar-refractivity contribution is 5.82. The average Bonchev–Trinajstić information content (AvgIpc) is 3.28. The molecule has 2 atom stereocenters. The molecular weight excluding hydrogens is 267 g/mol. The van der Waals surface area contributed by atoms with Crippen LogP contribution in [0.2, 0.25) is 0 Å². The molecule has 21 heavy (non-hydrogen) atoms. The Hall–Kier alpha value is -2.23. The van der Waals surface area contributed by atoms with Crippen molar-refractivity contribution in [2.24, 2.45) is 5.92 Å². The molecule has 2 aromatic rings. The van der Waals surface area contributed by atoms with E-state index < -0.39 is 0 Å². The second kappa shape index (κ2) is 5.64. The lowest BCUT2D eigenvalue weighted by atomic mass is 10.1. The van der Waals surface area contributed by atoms with E-state index >= 15 is 0 Å². The number of rotatable bonds is 4. The van der Waals surface area contributed by atoms with Gasteiger partial charge < -0.3 is 4.90 Å². The summed E-state index contributed by atoms with van der Waals surface area (Å²) in [6.45, 7) is 0.535. The molecule has 0 aliphatic heterocycles. The third kappa shape index (κ3) is 2.94. The molecule has 1 aromatic carbocycles. The van der Waals surface area contributed by atoms with Gasteiger partial charge in [-0.05, 0) is 35.6 Å². The van der Waals surface area contributed by atoms with Gasteiger partial charge in [-0.15, -0.1) is 0 Å². The number of carbonyl (C=O) groups excluding carboxylic acids is 1. The molecule has 2 unspecified atom stereocenters. The molecular formula is C17H17FN2O. The fourth-order valence-electron chi connectivity index (χ4n) is 2.71. The molecule has 0 N–H and O–H groups in total. The highest BCUT2D eigenvalue weighted by atomic mass is 19.1. The smallest absolute Gasteiger partial charge is 0.226 e. The summed E-state index contributed by atoms with van der Waals surface area (Å²) in [7, 11) is 1.78. The van der Waals surface area contributed by atoms with Crippen molar-refractivity contribution in [3.8, 4) is 0 Å². The van der Waals surface area contributed by atoms with Crippen LogP contribution in [0, 0.1) is 11.7 Å². The molecule has 3 nitrogen and oxygen atoms in total. The van der Waals surface area contributed by atoms with E-state index in [1.54, 1.807) is 36.5 Å². The number of pyridine rings is 1. The standard InChI is InChI=1S/C17H17FN2O/c1-20(11-12-5-4-8-19-10-12)17(21)15-9-14(15)13-6-2-3-7-16(13)18/h2-8,10,14-15H,9,11H2,1H3. The Morgan fingerprint density at radius 3 is 2.86 bits per heavy atom. The molecule has 108 valence electrons. The van der Waals surface area contributed by atoms with Crippen molar-refractivity contribution in [1.82, 2.24) is 9.88 Å². The van der Waals surface area contributed by atoms with E-state index in [-0.39, 0.29) is 23.6 Å². The number of amides is 1. The van der Waals surface area contributed by atoms with Crippen LogP contribution in [0.1, 0.15) is 23.5 Å². The Bertz CT molecular complexity index is 644. The van der Waals surface area contributed by atoms with Gasteiger partial charge in [0.2, 0.25) is 5.91 Å². The van der Waals surface area contributed by atoms with Gasteiger partial charge in [0, 0.05) is 31.9 Å². The van der Waals surface area contributed by atoms with Crippen LogP contribution in [0.5, 0.6) is 0 Å². The van der Waals surface area contributed by atoms with Gasteiger partial charge in [-0.25, -0.2) is 4.39 Å². The van der Waals surface area contributed by atoms with E-state index in [1.807, 2.05) is 18.2 Å². The van der Waals surface area contributed by atoms with E-state index in [9.17, 15) is 9.18 Å². The first-order chi connectivity index (χ1) is 10.2. The fraction of sp³-hybridized carbons (Fsp3) is 0.294. The van der Waals surface area contributed by atoms with Gasteiger partial charge in [-0.3, -0.25) is 9.78 Å². The number of halogens is 1. The molecule has 0 radical (unpaired) electrons. The number of aromatic nitrogens is 1. The molecule has 0 spiro atoms. The van der Waals surface area contributed by atoms with Gasteiger partial charge in [-0.2, -0.15) is 0 Å². The van der Waals surface area contributed by atoms with Crippen molar-refractivity contribution in [1.29, 1.82) is 0 Å². The van der Waals surface area contributed by atoms with Crippen LogP contribution in [0.15, 0.2) is 48.8 Å². The molecule has 0 bridgehead atoms. The average molecular weight is 284 g/mol. The molecule has 1 aliphatic carbocycles. The predicted molar refractivity (Wildman–Crippen MR) is 78.0 cm³/mol. The van der Waals surface area contributed by atoms with Crippen LogP contribution >= 0.6 is 0 Å². The predicted octanol–water partition coefficient (Wildman–Crippen LogP) is 2.98. The van der Waals surface area contributed by atoms with Crippen LogP contribution < -0.4 is 0 Å². The zero-order valence-electron chi connectivity index (χ0n) is 11.9. The summed E-state index contributed by atoms with van der Waals surface area (Å²) < 4.78 is 13.7. The molecule has 1 fully saturated rings. The summed E-state index contributed by atoms with van der Waals surface area (Å²) in [4.78, 5) is 18.1. The largest absolute Gasteiger partial charge is 0.341 e. The molecule has 1 amide bonds. The highest BCUT2D eigenvalue weighted by Crippen LogP contribution is 2.49. The number of carbonyl (C=O) groups is 1. The number of hydrogen-bond donors (Lipinski definition) is 0. The van der Waals surface area contributed by atoms with Crippen molar-refractivity contribution < 1.29 is 9.18 Å². The van der Waals surface area contributed by atoms with E-state index in [4.69, 9.17) is 0 Å². The maximum atomic E-state index is 13.7. The van der Waals surface area contributed by atoms with E-state index in [1.165, 1.54) is 6.07 Å². The van der Waals surface area contributed by atoms with E-state index in [2.05, 4.69) is 4.98 Å². The Labute approximate surface area is 123 Å². The first-order valence-corrected chi connectivity index (χ1v) is 7.05. The summed E-state index contributed by atoms with van der Waals surface area (Å²) in [6, 6.07) is 10.5. The first-order valence-electron chi connectivity index (χ1n) is 7.05. The van der Waals surface area contributed by atoms with Crippen LogP contribution in [-0.4, -0.2) is 22.8 Å². The lowest BCUT2D eigenvalue weighted by Gasteiger charge is -2.17. The summed E-state index contributed by atoms with van der Waals surface area (Å²) in [5.41, 5.74) is 1.65. The Kier molecular flexibility index (Phi) is 3.69. The number of hydrogen-bond acceptors (Lipinski definition) is 2. The monoisotopic (exact) mass is 284 g/mol. The van der Waals surface area contributed by atoms with E-state index in [0.717, 1.165) is 12.0 Å². The number of nitrogens with zero attached hydrogens (tertiary/aromatic N) is 2. The zero-order valence-corrected chi connectivity index (χ0v) is 11.9. The number of benzene rings is 1. The molecule has 1 saturated carbocycles. The van der Waals surface area contributed by atoms with Crippen LogP contribution in [0.25, 0.3) is 0 Å². The maximum absolute atomic E-state index is 13.7. The van der Waals surface area contributed by atoms with Gasteiger partial charge in [0.15, 0.2) is 0 Å². The quantitative estimate of drug-likeness (QED) is 0.864. The lowest BCUT2D eigenvalue weighted by molar-refractivity contribution is -0.131.